The van der Waals surface area contributed by atoms with E-state index in [4.69, 9.17) is 9.26 Å². The van der Waals surface area contributed by atoms with Gasteiger partial charge in [0.05, 0.1) is 12.5 Å². The summed E-state index contributed by atoms with van der Waals surface area (Å²) in [6.45, 7) is 6.63. The third-order valence-electron chi connectivity index (χ3n) is 7.21. The van der Waals surface area contributed by atoms with Crippen molar-refractivity contribution >= 4 is 37.4 Å². The highest BCUT2D eigenvalue weighted by Gasteiger charge is 2.45. The topological polar surface area (TPSA) is 183 Å². The number of fused-ring (bicyclic) bond motifs is 2. The SMILES string of the molecule is C[C@H]1CC2C(=O)O[C@@H](C)CC(=O)N3CCCC3C(=O)N(C)[C@@H]([C@@H](C)OP(=O)(O)O)C(=O)N[C@@H](C)C(=O)N2C1. The molecule has 3 heterocycles. The van der Waals surface area contributed by atoms with E-state index in [1.54, 1.807) is 6.92 Å². The Morgan fingerprint density at radius 2 is 1.71 bits per heavy atom. The first-order chi connectivity index (χ1) is 17.6. The highest BCUT2D eigenvalue weighted by Crippen LogP contribution is 2.39. The van der Waals surface area contributed by atoms with Crippen LogP contribution in [0, 0.1) is 5.92 Å². The van der Waals surface area contributed by atoms with Gasteiger partial charge in [-0.25, -0.2) is 9.36 Å². The molecular formula is C23H37N4O10P. The van der Waals surface area contributed by atoms with Gasteiger partial charge in [-0.2, -0.15) is 0 Å². The van der Waals surface area contributed by atoms with Crippen molar-refractivity contribution in [2.75, 3.05) is 20.1 Å². The Balaban J connectivity index is 2.00. The van der Waals surface area contributed by atoms with Crippen molar-refractivity contribution in [1.82, 2.24) is 20.0 Å². The molecule has 14 nitrogen and oxygen atoms in total. The predicted octanol–water partition coefficient (Wildman–Crippen LogP) is -0.621. The van der Waals surface area contributed by atoms with Gasteiger partial charge >= 0.3 is 13.8 Å². The molecule has 214 valence electrons. The number of hydrogen-bond donors (Lipinski definition) is 3. The van der Waals surface area contributed by atoms with E-state index in [0.717, 1.165) is 4.90 Å². The molecule has 3 aliphatic heterocycles. The fraction of sp³-hybridized carbons (Fsp3) is 0.783. The Kier molecular flexibility index (Phi) is 9.23. The first-order valence-corrected chi connectivity index (χ1v) is 14.2. The molecule has 3 rings (SSSR count). The van der Waals surface area contributed by atoms with E-state index in [2.05, 4.69) is 5.32 Å². The largest absolute Gasteiger partial charge is 0.469 e. The lowest BCUT2D eigenvalue weighted by Crippen LogP contribution is -2.60. The summed E-state index contributed by atoms with van der Waals surface area (Å²) in [7, 11) is -3.77. The van der Waals surface area contributed by atoms with Gasteiger partial charge in [-0.15, -0.1) is 0 Å². The molecule has 0 bridgehead atoms. The van der Waals surface area contributed by atoms with Gasteiger partial charge in [0.15, 0.2) is 0 Å². The van der Waals surface area contributed by atoms with Gasteiger partial charge in [-0.3, -0.25) is 23.7 Å². The molecule has 3 fully saturated rings. The Labute approximate surface area is 221 Å². The number of cyclic esters (lactones) is 1. The van der Waals surface area contributed by atoms with Crippen LogP contribution in [0.15, 0.2) is 0 Å². The number of esters is 1. The van der Waals surface area contributed by atoms with Crippen LogP contribution in [0.25, 0.3) is 0 Å². The van der Waals surface area contributed by atoms with E-state index in [-0.39, 0.29) is 25.4 Å². The lowest BCUT2D eigenvalue weighted by atomic mass is 10.1. The number of phosphoric ester groups is 1. The Morgan fingerprint density at radius 1 is 1.05 bits per heavy atom. The molecule has 0 radical (unpaired) electrons. The van der Waals surface area contributed by atoms with Gasteiger partial charge in [0.2, 0.25) is 23.6 Å². The molecule has 3 aliphatic rings. The zero-order valence-electron chi connectivity index (χ0n) is 22.2. The van der Waals surface area contributed by atoms with Crippen LogP contribution < -0.4 is 5.32 Å². The maximum Gasteiger partial charge on any atom is 0.469 e. The Bertz CT molecular complexity index is 1020. The van der Waals surface area contributed by atoms with Gasteiger partial charge < -0.3 is 34.5 Å². The fourth-order valence-corrected chi connectivity index (χ4v) is 6.02. The second kappa shape index (κ2) is 11.7. The zero-order valence-corrected chi connectivity index (χ0v) is 23.1. The van der Waals surface area contributed by atoms with Crippen molar-refractivity contribution < 1.29 is 47.6 Å². The number of phosphoric acid groups is 1. The number of rotatable bonds is 3. The number of likely N-dealkylation sites (N-methyl/N-ethyl adjacent to an activating group) is 1. The smallest absolute Gasteiger partial charge is 0.461 e. The van der Waals surface area contributed by atoms with Gasteiger partial charge in [0.25, 0.3) is 0 Å². The van der Waals surface area contributed by atoms with Crippen molar-refractivity contribution in [3.8, 4) is 0 Å². The van der Waals surface area contributed by atoms with Crippen molar-refractivity contribution in [1.29, 1.82) is 0 Å². The first kappa shape index (κ1) is 30.0. The molecule has 38 heavy (non-hydrogen) atoms. The lowest BCUT2D eigenvalue weighted by Gasteiger charge is -2.36. The minimum absolute atomic E-state index is 0.0167. The summed E-state index contributed by atoms with van der Waals surface area (Å²) in [5.74, 6) is -3.14. The molecule has 3 saturated heterocycles. The van der Waals surface area contributed by atoms with E-state index in [1.165, 1.54) is 30.7 Å². The third-order valence-corrected chi connectivity index (χ3v) is 7.82. The van der Waals surface area contributed by atoms with Crippen molar-refractivity contribution in [3.05, 3.63) is 0 Å². The monoisotopic (exact) mass is 560 g/mol. The fourth-order valence-electron chi connectivity index (χ4n) is 5.48. The predicted molar refractivity (Wildman–Crippen MR) is 131 cm³/mol. The quantitative estimate of drug-likeness (QED) is 0.297. The molecule has 0 spiro atoms. The lowest BCUT2D eigenvalue weighted by molar-refractivity contribution is -0.160. The number of nitrogens with one attached hydrogen (secondary N) is 1. The number of ether oxygens (including phenoxy) is 1. The van der Waals surface area contributed by atoms with E-state index >= 15 is 0 Å². The highest BCUT2D eigenvalue weighted by molar-refractivity contribution is 7.46. The summed E-state index contributed by atoms with van der Waals surface area (Å²) in [6.07, 6.45) is -1.25. The van der Waals surface area contributed by atoms with Crippen LogP contribution >= 0.6 is 7.82 Å². The van der Waals surface area contributed by atoms with E-state index in [0.29, 0.717) is 19.3 Å². The van der Waals surface area contributed by atoms with Crippen molar-refractivity contribution in [2.45, 2.75) is 89.8 Å². The molecule has 0 saturated carbocycles. The van der Waals surface area contributed by atoms with Crippen LogP contribution in [0.3, 0.4) is 0 Å². The molecule has 2 unspecified atom stereocenters. The van der Waals surface area contributed by atoms with E-state index in [9.17, 15) is 38.3 Å². The van der Waals surface area contributed by atoms with Crippen LogP contribution in [-0.2, 0) is 37.8 Å². The average molecular weight is 561 g/mol. The van der Waals surface area contributed by atoms with Crippen molar-refractivity contribution in [3.63, 3.8) is 0 Å². The van der Waals surface area contributed by atoms with Crippen LogP contribution in [0.5, 0.6) is 0 Å². The van der Waals surface area contributed by atoms with Crippen LogP contribution in [0.2, 0.25) is 0 Å². The summed E-state index contributed by atoms with van der Waals surface area (Å²) in [5, 5.41) is 2.51. The highest BCUT2D eigenvalue weighted by atomic mass is 31.2. The number of amides is 4. The summed E-state index contributed by atoms with van der Waals surface area (Å²) < 4.78 is 21.8. The van der Waals surface area contributed by atoms with Crippen molar-refractivity contribution in [2.24, 2.45) is 5.92 Å². The molecule has 0 aliphatic carbocycles. The number of nitrogens with zero attached hydrogens (tertiary/aromatic N) is 3. The molecule has 0 aromatic rings. The van der Waals surface area contributed by atoms with Gasteiger partial charge in [-0.1, -0.05) is 6.92 Å². The summed E-state index contributed by atoms with van der Waals surface area (Å²) in [6, 6.07) is -4.48. The number of hydrogen-bond acceptors (Lipinski definition) is 8. The normalized spacial score (nSPS) is 33.1. The first-order valence-electron chi connectivity index (χ1n) is 12.7. The zero-order chi connectivity index (χ0) is 28.5. The summed E-state index contributed by atoms with van der Waals surface area (Å²) >= 11 is 0. The molecule has 15 heteroatoms. The molecule has 3 N–H and O–H groups in total. The molecule has 0 aromatic heterocycles. The Hall–Kier alpha value is -2.54. The number of carbonyl (C=O) groups excluding carboxylic acids is 5. The van der Waals surface area contributed by atoms with Crippen LogP contribution in [0.1, 0.15) is 53.4 Å². The van der Waals surface area contributed by atoms with Gasteiger partial charge in [0.1, 0.15) is 30.3 Å². The molecule has 0 aromatic carbocycles. The molecule has 7 atom stereocenters. The Morgan fingerprint density at radius 3 is 2.34 bits per heavy atom. The second-order valence-electron chi connectivity index (χ2n) is 10.5. The maximum absolute atomic E-state index is 13.5. The summed E-state index contributed by atoms with van der Waals surface area (Å²) in [5.41, 5.74) is 0. The minimum atomic E-state index is -5.05. The standard InChI is InChI=1S/C23H37N4O10P/c1-12-9-17-23(32)36-13(2)10-18(28)26-8-6-7-16(26)22(31)25(5)19(15(4)37-38(33,34)35)20(29)24-14(3)21(30)27(17)11-12/h12-17,19H,6-11H2,1-5H3,(H,24,29)(H2,33,34,35)/t12-,13-,14-,15+,16?,17?,19-/m0/s1. The average Bonchev–Trinajstić information content (AvgIpc) is 3.43. The summed E-state index contributed by atoms with van der Waals surface area (Å²) in [4.78, 5) is 88.6. The third kappa shape index (κ3) is 6.71. The van der Waals surface area contributed by atoms with Gasteiger partial charge in [-0.05, 0) is 46.0 Å². The van der Waals surface area contributed by atoms with Crippen LogP contribution in [-0.4, -0.2) is 111 Å². The number of carbonyl (C=O) groups is 5. The van der Waals surface area contributed by atoms with Gasteiger partial charge in [0, 0.05) is 20.1 Å². The van der Waals surface area contributed by atoms with E-state index < -0.39 is 73.8 Å². The molecular weight excluding hydrogens is 523 g/mol. The minimum Gasteiger partial charge on any atom is -0.461 e. The molecule has 4 amide bonds. The second-order valence-corrected chi connectivity index (χ2v) is 11.7. The maximum atomic E-state index is 13.5. The van der Waals surface area contributed by atoms with E-state index in [1.807, 2.05) is 6.92 Å². The van der Waals surface area contributed by atoms with Crippen LogP contribution in [0.4, 0.5) is 0 Å².